The summed E-state index contributed by atoms with van der Waals surface area (Å²) < 4.78 is 68.7. The quantitative estimate of drug-likeness (QED) is 0.447. The fourth-order valence-electron chi connectivity index (χ4n) is 4.70. The van der Waals surface area contributed by atoms with Gasteiger partial charge in [-0.3, -0.25) is 18.1 Å². The summed E-state index contributed by atoms with van der Waals surface area (Å²) in [6.07, 6.45) is -3.72. The Morgan fingerprint density at radius 1 is 0.933 bits per heavy atom. The van der Waals surface area contributed by atoms with Gasteiger partial charge in [0.15, 0.2) is 0 Å². The van der Waals surface area contributed by atoms with E-state index in [1.165, 1.54) is 7.11 Å². The molecule has 4 aliphatic rings. The third-order valence-corrected chi connectivity index (χ3v) is 7.42. The molecule has 4 unspecified atom stereocenters. The summed E-state index contributed by atoms with van der Waals surface area (Å²) in [6.45, 7) is 4.39. The highest BCUT2D eigenvalue weighted by atomic mass is 31.2. The molecule has 0 aliphatic carbocycles. The number of hydrogen-bond donors (Lipinski definition) is 2. The summed E-state index contributed by atoms with van der Waals surface area (Å²) in [7, 11) is -6.97. The largest absolute Gasteiger partial charge is 0.472 e. The topological polar surface area (TPSA) is 148 Å². The van der Waals surface area contributed by atoms with Crippen LogP contribution in [0, 0.1) is 0 Å². The lowest BCUT2D eigenvalue weighted by molar-refractivity contribution is -0.161. The van der Waals surface area contributed by atoms with Crippen molar-refractivity contribution in [1.82, 2.24) is 0 Å². The zero-order valence-electron chi connectivity index (χ0n) is 17.2. The first-order chi connectivity index (χ1) is 13.9. The molecular weight excluding hydrogens is 446 g/mol. The molecule has 0 amide bonds. The monoisotopic (exact) mass is 474 g/mol. The van der Waals surface area contributed by atoms with Crippen LogP contribution in [0.25, 0.3) is 0 Å². The van der Waals surface area contributed by atoms with Gasteiger partial charge >= 0.3 is 15.4 Å². The van der Waals surface area contributed by atoms with Crippen LogP contribution in [0.15, 0.2) is 0 Å². The van der Waals surface area contributed by atoms with E-state index in [4.69, 9.17) is 37.3 Å². The van der Waals surface area contributed by atoms with Crippen molar-refractivity contribution >= 4 is 15.4 Å². The molecule has 10 atom stereocenters. The molecule has 4 rings (SSSR count). The number of ether oxygens (including phenoxy) is 5. The van der Waals surface area contributed by atoms with E-state index in [1.54, 1.807) is 13.8 Å². The molecule has 174 valence electrons. The van der Waals surface area contributed by atoms with E-state index in [9.17, 15) is 18.9 Å². The fourth-order valence-corrected chi connectivity index (χ4v) is 6.48. The van der Waals surface area contributed by atoms with Gasteiger partial charge < -0.3 is 33.5 Å². The molecule has 4 fully saturated rings. The molecule has 4 heterocycles. The highest BCUT2D eigenvalue weighted by Crippen LogP contribution is 2.55. The van der Waals surface area contributed by atoms with Crippen LogP contribution >= 0.6 is 15.4 Å². The summed E-state index contributed by atoms with van der Waals surface area (Å²) in [5.41, 5.74) is -2.31. The molecule has 0 aromatic carbocycles. The first kappa shape index (κ1) is 23.2. The maximum atomic E-state index is 12.8. The molecule has 0 saturated carbocycles. The number of phosphoric ester groups is 1. The average Bonchev–Trinajstić information content (AvgIpc) is 3.27. The molecule has 0 aromatic rings. The second-order valence-corrected chi connectivity index (χ2v) is 11.6. The zero-order chi connectivity index (χ0) is 21.9. The molecule has 14 heteroatoms. The van der Waals surface area contributed by atoms with E-state index in [-0.39, 0.29) is 25.9 Å². The number of rotatable bonds is 9. The van der Waals surface area contributed by atoms with Gasteiger partial charge in [-0.05, 0) is 13.8 Å². The van der Waals surface area contributed by atoms with Crippen LogP contribution in [-0.2, 0) is 46.4 Å². The Kier molecular flexibility index (Phi) is 6.06. The third-order valence-electron chi connectivity index (χ3n) is 5.86. The van der Waals surface area contributed by atoms with Crippen molar-refractivity contribution in [3.8, 4) is 0 Å². The molecule has 4 aliphatic heterocycles. The fraction of sp³-hybridized carbons (Fsp3) is 1.00. The smallest absolute Gasteiger partial charge is 0.381 e. The number of methoxy groups -OCH3 is 1. The van der Waals surface area contributed by atoms with Crippen molar-refractivity contribution in [3.63, 3.8) is 0 Å². The van der Waals surface area contributed by atoms with Gasteiger partial charge in [-0.1, -0.05) is 0 Å². The average molecular weight is 474 g/mol. The molecule has 2 N–H and O–H groups in total. The highest BCUT2D eigenvalue weighted by molar-refractivity contribution is 7.51. The van der Waals surface area contributed by atoms with E-state index in [0.717, 1.165) is 6.66 Å². The van der Waals surface area contributed by atoms with Crippen LogP contribution in [0.1, 0.15) is 13.8 Å². The maximum absolute atomic E-state index is 12.8. The van der Waals surface area contributed by atoms with Gasteiger partial charge in [0.2, 0.25) is 0 Å². The van der Waals surface area contributed by atoms with E-state index >= 15 is 0 Å². The Hall–Kier alpha value is 0.0600. The maximum Gasteiger partial charge on any atom is 0.472 e. The minimum Gasteiger partial charge on any atom is -0.381 e. The normalized spacial score (nSPS) is 48.7. The van der Waals surface area contributed by atoms with Crippen molar-refractivity contribution in [3.05, 3.63) is 0 Å². The lowest BCUT2D eigenvalue weighted by Crippen LogP contribution is -2.47. The van der Waals surface area contributed by atoms with Gasteiger partial charge in [-0.15, -0.1) is 0 Å². The summed E-state index contributed by atoms with van der Waals surface area (Å²) in [4.78, 5) is 20.0. The van der Waals surface area contributed by atoms with Gasteiger partial charge in [0.05, 0.1) is 38.6 Å². The molecule has 12 nitrogen and oxygen atoms in total. The van der Waals surface area contributed by atoms with Gasteiger partial charge in [-0.2, -0.15) is 0 Å². The Balaban J connectivity index is 1.45. The minimum absolute atomic E-state index is 0.0183. The molecule has 0 aromatic heterocycles. The summed E-state index contributed by atoms with van der Waals surface area (Å²) >= 11 is 0. The van der Waals surface area contributed by atoms with E-state index in [0.29, 0.717) is 0 Å². The van der Waals surface area contributed by atoms with Gasteiger partial charge in [0.25, 0.3) is 0 Å². The van der Waals surface area contributed by atoms with Crippen molar-refractivity contribution in [1.29, 1.82) is 0 Å². The molecule has 0 spiro atoms. The van der Waals surface area contributed by atoms with Gasteiger partial charge in [-0.25, -0.2) is 4.57 Å². The minimum atomic E-state index is -4.59. The van der Waals surface area contributed by atoms with Crippen LogP contribution in [-0.4, -0.2) is 97.8 Å². The van der Waals surface area contributed by atoms with E-state index in [1.807, 2.05) is 0 Å². The van der Waals surface area contributed by atoms with Crippen LogP contribution in [0.4, 0.5) is 0 Å². The standard InChI is InChI=1S/C16H28O12P2/c1-9-11-13(27-29(4,17)18)16(26-9,7-23-11)8-24-30(19,20)28-14-12-10(2)25-15(14,5-21-3)6-22-12/h9-14H,5-8H2,1-4H3,(H,17,18)(H,19,20)/t9?,10?,11-,12-,13+,14+,15-,16+/m0/s1. The first-order valence-electron chi connectivity index (χ1n) is 9.63. The Morgan fingerprint density at radius 2 is 1.43 bits per heavy atom. The van der Waals surface area contributed by atoms with E-state index in [2.05, 4.69) is 0 Å². The molecule has 4 saturated heterocycles. The number of phosphoric acid groups is 1. The Labute approximate surface area is 174 Å². The van der Waals surface area contributed by atoms with Crippen molar-refractivity contribution in [2.24, 2.45) is 0 Å². The second kappa shape index (κ2) is 7.83. The lowest BCUT2D eigenvalue weighted by Gasteiger charge is -2.32. The molecule has 0 radical (unpaired) electrons. The van der Waals surface area contributed by atoms with Crippen molar-refractivity contribution in [2.45, 2.75) is 61.7 Å². The Morgan fingerprint density at radius 3 is 1.90 bits per heavy atom. The van der Waals surface area contributed by atoms with Crippen LogP contribution < -0.4 is 0 Å². The van der Waals surface area contributed by atoms with Crippen LogP contribution in [0.2, 0.25) is 0 Å². The summed E-state index contributed by atoms with van der Waals surface area (Å²) in [5.74, 6) is 0. The third kappa shape index (κ3) is 4.07. The lowest BCUT2D eigenvalue weighted by atomic mass is 10.00. The van der Waals surface area contributed by atoms with E-state index < -0.39 is 63.7 Å². The second-order valence-electron chi connectivity index (χ2n) is 8.36. The Bertz CT molecular complexity index is 759. The highest BCUT2D eigenvalue weighted by Gasteiger charge is 2.65. The van der Waals surface area contributed by atoms with Gasteiger partial charge in [0, 0.05) is 13.8 Å². The van der Waals surface area contributed by atoms with Crippen LogP contribution in [0.5, 0.6) is 0 Å². The van der Waals surface area contributed by atoms with Crippen molar-refractivity contribution < 1.29 is 56.2 Å². The molecule has 30 heavy (non-hydrogen) atoms. The first-order valence-corrected chi connectivity index (χ1v) is 13.1. The van der Waals surface area contributed by atoms with Crippen LogP contribution in [0.3, 0.4) is 0 Å². The number of fused-ring (bicyclic) bond motifs is 4. The summed E-state index contributed by atoms with van der Waals surface area (Å²) in [6, 6.07) is 0. The summed E-state index contributed by atoms with van der Waals surface area (Å²) in [5, 5.41) is 0. The molecular formula is C16H28O12P2. The SMILES string of the molecule is COC[C@@]12CO[C@@H](C(C)O1)[C@H]2OP(=O)(O)OC[C@@]12CO[C@@H](C(C)O1)[C@H]2OP(C)(=O)O. The predicted molar refractivity (Wildman–Crippen MR) is 99.2 cm³/mol. The predicted octanol–water partition coefficient (Wildman–Crippen LogP) is 0.448. The zero-order valence-corrected chi connectivity index (χ0v) is 19.0. The van der Waals surface area contributed by atoms with Crippen molar-refractivity contribution in [2.75, 3.05) is 40.2 Å². The number of hydrogen-bond acceptors (Lipinski definition) is 10. The molecule has 4 bridgehead atoms. The van der Waals surface area contributed by atoms with Gasteiger partial charge in [0.1, 0.15) is 35.6 Å².